The largest absolute Gasteiger partial charge is 0.392 e. The highest BCUT2D eigenvalue weighted by Gasteiger charge is 2.70. The summed E-state index contributed by atoms with van der Waals surface area (Å²) in [5, 5.41) is 10.9. The number of hydrogen-bond acceptors (Lipinski definition) is 3. The molecule has 4 aliphatic carbocycles. The number of rotatable bonds is 0. The van der Waals surface area contributed by atoms with E-state index in [1.54, 1.807) is 0 Å². The van der Waals surface area contributed by atoms with Crippen LogP contribution in [0.4, 0.5) is 0 Å². The maximum absolute atomic E-state index is 10.9. The Balaban J connectivity index is 1.84. The zero-order chi connectivity index (χ0) is 14.3. The van der Waals surface area contributed by atoms with Crippen LogP contribution in [0.15, 0.2) is 12.2 Å². The van der Waals surface area contributed by atoms with Gasteiger partial charge in [-0.15, -0.1) is 0 Å². The SMILES string of the molecule is CC1C2(OCCO2)[C@H]2C=C[C@]1(C)[C@H]1[C@@H]2CC(C)(C)[C@H]1O. The topological polar surface area (TPSA) is 38.7 Å². The monoisotopic (exact) mass is 278 g/mol. The van der Waals surface area contributed by atoms with Gasteiger partial charge >= 0.3 is 0 Å². The van der Waals surface area contributed by atoms with Crippen molar-refractivity contribution in [2.24, 2.45) is 34.5 Å². The highest BCUT2D eigenvalue weighted by Crippen LogP contribution is 2.68. The third-order valence-electron chi connectivity index (χ3n) is 6.95. The molecule has 1 aliphatic heterocycles. The predicted molar refractivity (Wildman–Crippen MR) is 75.9 cm³/mol. The standard InChI is InChI=1S/C17H26O3/c1-10-16(4)6-5-12(17(10)19-7-8-20-17)11-9-15(2,3)14(18)13(11)16/h5-6,10-14,18H,7-9H2,1-4H3/t10?,11-,12+,13+,14+,16+/m1/s1. The van der Waals surface area contributed by atoms with Crippen molar-refractivity contribution in [1.82, 2.24) is 0 Å². The molecule has 6 atom stereocenters. The lowest BCUT2D eigenvalue weighted by molar-refractivity contribution is -0.287. The van der Waals surface area contributed by atoms with E-state index in [9.17, 15) is 5.11 Å². The van der Waals surface area contributed by atoms with Crippen LogP contribution in [0.1, 0.15) is 34.1 Å². The highest BCUT2D eigenvalue weighted by molar-refractivity contribution is 5.27. The van der Waals surface area contributed by atoms with Crippen molar-refractivity contribution in [2.45, 2.75) is 46.0 Å². The molecule has 3 fully saturated rings. The normalized spacial score (nSPS) is 54.5. The highest BCUT2D eigenvalue weighted by atomic mass is 16.7. The zero-order valence-corrected chi connectivity index (χ0v) is 12.9. The fourth-order valence-corrected chi connectivity index (χ4v) is 5.77. The van der Waals surface area contributed by atoms with Crippen LogP contribution in [-0.4, -0.2) is 30.2 Å². The molecule has 0 aromatic carbocycles. The first-order valence-electron chi connectivity index (χ1n) is 7.98. The average molecular weight is 278 g/mol. The minimum absolute atomic E-state index is 0.00921. The van der Waals surface area contributed by atoms with E-state index in [2.05, 4.69) is 39.8 Å². The van der Waals surface area contributed by atoms with Gasteiger partial charge < -0.3 is 14.6 Å². The predicted octanol–water partition coefficient (Wildman–Crippen LogP) is 2.59. The molecule has 20 heavy (non-hydrogen) atoms. The van der Waals surface area contributed by atoms with Gasteiger partial charge in [-0.3, -0.25) is 0 Å². The summed E-state index contributed by atoms with van der Waals surface area (Å²) in [6.07, 6.45) is 5.49. The van der Waals surface area contributed by atoms with Gasteiger partial charge in [0.25, 0.3) is 0 Å². The van der Waals surface area contributed by atoms with Gasteiger partial charge in [-0.25, -0.2) is 0 Å². The summed E-state index contributed by atoms with van der Waals surface area (Å²) >= 11 is 0. The second-order valence-corrected chi connectivity index (χ2v) is 8.22. The van der Waals surface area contributed by atoms with Crippen LogP contribution in [0.3, 0.4) is 0 Å². The van der Waals surface area contributed by atoms with Crippen LogP contribution in [0.25, 0.3) is 0 Å². The van der Waals surface area contributed by atoms with Crippen LogP contribution >= 0.6 is 0 Å². The molecule has 1 unspecified atom stereocenters. The summed E-state index contributed by atoms with van der Waals surface area (Å²) in [7, 11) is 0. The third kappa shape index (κ3) is 1.28. The van der Waals surface area contributed by atoms with Crippen molar-refractivity contribution < 1.29 is 14.6 Å². The minimum atomic E-state index is -0.440. The van der Waals surface area contributed by atoms with E-state index >= 15 is 0 Å². The Kier molecular flexibility index (Phi) is 2.45. The molecule has 112 valence electrons. The Bertz CT molecular complexity index is 463. The van der Waals surface area contributed by atoms with Gasteiger partial charge in [0.15, 0.2) is 5.79 Å². The molecule has 1 spiro atoms. The number of hydrogen-bond donors (Lipinski definition) is 1. The van der Waals surface area contributed by atoms with E-state index in [-0.39, 0.29) is 22.9 Å². The molecule has 1 saturated heterocycles. The number of aliphatic hydroxyl groups is 1. The molecule has 2 bridgehead atoms. The fourth-order valence-electron chi connectivity index (χ4n) is 5.77. The number of ether oxygens (including phenoxy) is 2. The molecular weight excluding hydrogens is 252 g/mol. The molecular formula is C17H26O3. The van der Waals surface area contributed by atoms with Crippen LogP contribution in [-0.2, 0) is 9.47 Å². The summed E-state index contributed by atoms with van der Waals surface area (Å²) in [4.78, 5) is 0. The van der Waals surface area contributed by atoms with Crippen LogP contribution in [0.2, 0.25) is 0 Å². The molecule has 0 aromatic heterocycles. The molecule has 0 radical (unpaired) electrons. The maximum Gasteiger partial charge on any atom is 0.178 e. The van der Waals surface area contributed by atoms with Crippen molar-refractivity contribution in [1.29, 1.82) is 0 Å². The van der Waals surface area contributed by atoms with Crippen molar-refractivity contribution in [2.75, 3.05) is 13.2 Å². The van der Waals surface area contributed by atoms with E-state index in [0.29, 0.717) is 31.0 Å². The lowest BCUT2D eigenvalue weighted by Crippen LogP contribution is -2.64. The number of allylic oxidation sites excluding steroid dienone is 1. The minimum Gasteiger partial charge on any atom is -0.392 e. The average Bonchev–Trinajstić information content (AvgIpc) is 2.93. The summed E-state index contributed by atoms with van der Waals surface area (Å²) < 4.78 is 12.3. The first-order valence-corrected chi connectivity index (χ1v) is 7.98. The summed E-state index contributed by atoms with van der Waals surface area (Å²) in [6.45, 7) is 10.3. The van der Waals surface area contributed by atoms with E-state index in [1.807, 2.05) is 0 Å². The fraction of sp³-hybridized carbons (Fsp3) is 0.882. The number of aliphatic hydroxyl groups excluding tert-OH is 1. The van der Waals surface area contributed by atoms with Gasteiger partial charge in [-0.2, -0.15) is 0 Å². The Morgan fingerprint density at radius 3 is 2.45 bits per heavy atom. The first-order chi connectivity index (χ1) is 9.33. The maximum atomic E-state index is 10.9. The Morgan fingerprint density at radius 2 is 1.80 bits per heavy atom. The molecule has 0 amide bonds. The smallest absolute Gasteiger partial charge is 0.178 e. The van der Waals surface area contributed by atoms with Gasteiger partial charge in [-0.1, -0.05) is 39.8 Å². The third-order valence-corrected chi connectivity index (χ3v) is 6.95. The second kappa shape index (κ2) is 3.68. The molecule has 3 heteroatoms. The molecule has 2 saturated carbocycles. The quantitative estimate of drug-likeness (QED) is 0.692. The molecule has 5 aliphatic rings. The van der Waals surface area contributed by atoms with Crippen molar-refractivity contribution >= 4 is 0 Å². The molecule has 0 aromatic rings. The van der Waals surface area contributed by atoms with Crippen LogP contribution in [0.5, 0.6) is 0 Å². The molecule has 3 nitrogen and oxygen atoms in total. The second-order valence-electron chi connectivity index (χ2n) is 8.22. The Hall–Kier alpha value is -0.380. The molecule has 5 rings (SSSR count). The summed E-state index contributed by atoms with van der Waals surface area (Å²) in [5.74, 6) is 0.955. The lowest BCUT2D eigenvalue weighted by atomic mass is 9.48. The Morgan fingerprint density at radius 1 is 1.15 bits per heavy atom. The van der Waals surface area contributed by atoms with Crippen molar-refractivity contribution in [3.8, 4) is 0 Å². The Labute approximate surface area is 121 Å². The first kappa shape index (κ1) is 13.3. The van der Waals surface area contributed by atoms with Gasteiger partial charge in [0, 0.05) is 11.8 Å². The van der Waals surface area contributed by atoms with Crippen molar-refractivity contribution in [3.05, 3.63) is 12.2 Å². The molecule has 1 heterocycles. The lowest BCUT2D eigenvalue weighted by Gasteiger charge is -2.61. The van der Waals surface area contributed by atoms with Crippen LogP contribution in [0, 0.1) is 34.5 Å². The van der Waals surface area contributed by atoms with E-state index in [4.69, 9.17) is 9.47 Å². The summed E-state index contributed by atoms with van der Waals surface area (Å²) in [6, 6.07) is 0. The van der Waals surface area contributed by atoms with E-state index < -0.39 is 5.79 Å². The zero-order valence-electron chi connectivity index (χ0n) is 12.9. The summed E-state index contributed by atoms with van der Waals surface area (Å²) in [5.41, 5.74) is -0.0400. The van der Waals surface area contributed by atoms with Gasteiger partial charge in [-0.05, 0) is 29.1 Å². The van der Waals surface area contributed by atoms with Crippen molar-refractivity contribution in [3.63, 3.8) is 0 Å². The van der Waals surface area contributed by atoms with E-state index in [1.165, 1.54) is 0 Å². The van der Waals surface area contributed by atoms with Gasteiger partial charge in [0.05, 0.1) is 19.3 Å². The van der Waals surface area contributed by atoms with Crippen LogP contribution < -0.4 is 0 Å². The van der Waals surface area contributed by atoms with Gasteiger partial charge in [0.2, 0.25) is 0 Å². The van der Waals surface area contributed by atoms with Gasteiger partial charge in [0.1, 0.15) is 0 Å². The van der Waals surface area contributed by atoms with E-state index in [0.717, 1.165) is 6.42 Å². The molecule has 1 N–H and O–H groups in total.